The van der Waals surface area contributed by atoms with Gasteiger partial charge in [0, 0.05) is 55.4 Å². The van der Waals surface area contributed by atoms with Gasteiger partial charge in [0.15, 0.2) is 0 Å². The van der Waals surface area contributed by atoms with Gasteiger partial charge in [0.2, 0.25) is 0 Å². The number of anilines is 1. The number of aryl methyl sites for hydroxylation is 2. The molecule has 41 heavy (non-hydrogen) atoms. The molecule has 0 saturated carbocycles. The highest BCUT2D eigenvalue weighted by molar-refractivity contribution is 6.00. The summed E-state index contributed by atoms with van der Waals surface area (Å²) in [6.07, 6.45) is 6.38. The minimum absolute atomic E-state index is 0.154. The molecule has 2 N–H and O–H groups in total. The average molecular weight is 554 g/mol. The summed E-state index contributed by atoms with van der Waals surface area (Å²) in [6.45, 7) is 9.64. The van der Waals surface area contributed by atoms with Crippen LogP contribution in [0.2, 0.25) is 0 Å². The molecule has 0 unspecified atom stereocenters. The molecule has 1 aliphatic rings. The summed E-state index contributed by atoms with van der Waals surface area (Å²) >= 11 is 0. The second-order valence-electron chi connectivity index (χ2n) is 11.0. The van der Waals surface area contributed by atoms with Gasteiger partial charge in [0.05, 0.1) is 24.4 Å². The monoisotopic (exact) mass is 553 g/mol. The minimum atomic E-state index is -0.200. The molecule has 0 aliphatic carbocycles. The number of fused-ring (bicyclic) bond motifs is 1. The fourth-order valence-corrected chi connectivity index (χ4v) is 5.83. The van der Waals surface area contributed by atoms with Crippen LogP contribution < -0.4 is 15.8 Å². The number of allylic oxidation sites excluding steroid dienone is 1. The van der Waals surface area contributed by atoms with Gasteiger partial charge in [0.25, 0.3) is 11.5 Å². The van der Waals surface area contributed by atoms with Crippen LogP contribution in [0.5, 0.6) is 0 Å². The Bertz CT molecular complexity index is 1700. The van der Waals surface area contributed by atoms with Gasteiger partial charge in [-0.25, -0.2) is 4.98 Å². The number of pyridine rings is 3. The summed E-state index contributed by atoms with van der Waals surface area (Å²) in [5.41, 5.74) is 10.3. The molecule has 4 aromatic rings. The first-order chi connectivity index (χ1) is 19.7. The molecule has 214 valence electrons. The lowest BCUT2D eigenvalue weighted by Gasteiger charge is -2.22. The van der Waals surface area contributed by atoms with Crippen molar-refractivity contribution in [3.05, 3.63) is 92.3 Å². The molecule has 1 saturated heterocycles. The number of aromatic nitrogens is 3. The summed E-state index contributed by atoms with van der Waals surface area (Å²) in [5.74, 6) is 0.664. The van der Waals surface area contributed by atoms with Crippen molar-refractivity contribution < 1.29 is 9.53 Å². The SMILES string of the molecule is CCc1cc(C)[nH]c(=O)c1CNC(=O)c1cc2c(-c3ccnc(N(C)C)c3)ccn2c(C(C)=C2CCOCC2)c1C. The number of aromatic amines is 1. The van der Waals surface area contributed by atoms with Crippen molar-refractivity contribution in [1.29, 1.82) is 0 Å². The average Bonchev–Trinajstić information content (AvgIpc) is 3.39. The Labute approximate surface area is 241 Å². The summed E-state index contributed by atoms with van der Waals surface area (Å²) in [6, 6.07) is 10.1. The second kappa shape index (κ2) is 11.7. The Kier molecular flexibility index (Phi) is 8.13. The van der Waals surface area contributed by atoms with Gasteiger partial charge < -0.3 is 24.3 Å². The molecule has 0 spiro atoms. The molecule has 0 radical (unpaired) electrons. The molecule has 8 nitrogen and oxygen atoms in total. The molecular formula is C33H39N5O3. The van der Waals surface area contributed by atoms with Gasteiger partial charge in [-0.2, -0.15) is 0 Å². The maximum absolute atomic E-state index is 13.8. The van der Waals surface area contributed by atoms with E-state index in [9.17, 15) is 9.59 Å². The summed E-state index contributed by atoms with van der Waals surface area (Å²) in [4.78, 5) is 35.9. The maximum Gasteiger partial charge on any atom is 0.253 e. The second-order valence-corrected chi connectivity index (χ2v) is 11.0. The number of amides is 1. The van der Waals surface area contributed by atoms with Crippen molar-refractivity contribution in [1.82, 2.24) is 19.7 Å². The number of rotatable bonds is 7. The van der Waals surface area contributed by atoms with E-state index >= 15 is 0 Å². The molecule has 1 fully saturated rings. The Balaban J connectivity index is 1.64. The standard InChI is InChI=1S/C33H39N5O3/c1-7-23-16-20(2)36-33(40)28(23)19-35-32(39)27-18-29-26(25-8-12-34-30(17-25)37(5)6)9-13-38(29)31(22(27)4)21(3)24-10-14-41-15-11-24/h8-9,12-13,16-18H,7,10-11,14-15,19H2,1-6H3,(H,35,39)(H,36,40). The number of hydrogen-bond acceptors (Lipinski definition) is 5. The van der Waals surface area contributed by atoms with Crippen LogP contribution >= 0.6 is 0 Å². The van der Waals surface area contributed by atoms with Crippen LogP contribution in [-0.2, 0) is 17.7 Å². The molecule has 0 bridgehead atoms. The van der Waals surface area contributed by atoms with E-state index < -0.39 is 0 Å². The predicted molar refractivity (Wildman–Crippen MR) is 165 cm³/mol. The lowest BCUT2D eigenvalue weighted by atomic mass is 9.94. The third-order valence-corrected chi connectivity index (χ3v) is 8.12. The van der Waals surface area contributed by atoms with E-state index in [2.05, 4.69) is 44.9 Å². The number of nitrogens with zero attached hydrogens (tertiary/aromatic N) is 3. The van der Waals surface area contributed by atoms with E-state index in [1.54, 1.807) is 0 Å². The first-order valence-electron chi connectivity index (χ1n) is 14.2. The van der Waals surface area contributed by atoms with E-state index in [1.165, 1.54) is 11.1 Å². The Morgan fingerprint density at radius 3 is 2.61 bits per heavy atom. The molecular weight excluding hydrogens is 514 g/mol. The van der Waals surface area contributed by atoms with Crippen LogP contribution in [0, 0.1) is 13.8 Å². The van der Waals surface area contributed by atoms with Gasteiger partial charge >= 0.3 is 0 Å². The van der Waals surface area contributed by atoms with Crippen LogP contribution in [0.25, 0.3) is 22.2 Å². The highest BCUT2D eigenvalue weighted by Crippen LogP contribution is 2.35. The Morgan fingerprint density at radius 2 is 1.90 bits per heavy atom. The molecule has 1 aliphatic heterocycles. The third-order valence-electron chi connectivity index (χ3n) is 8.12. The van der Waals surface area contributed by atoms with Gasteiger partial charge in [0.1, 0.15) is 5.82 Å². The molecule has 4 aromatic heterocycles. The quantitative estimate of drug-likeness (QED) is 0.318. The zero-order valence-electron chi connectivity index (χ0n) is 24.9. The highest BCUT2D eigenvalue weighted by Gasteiger charge is 2.22. The van der Waals surface area contributed by atoms with Crippen molar-refractivity contribution in [2.45, 2.75) is 53.5 Å². The molecule has 5 rings (SSSR count). The molecule has 0 atom stereocenters. The normalized spacial score (nSPS) is 13.5. The topological polar surface area (TPSA) is 91.7 Å². The molecule has 1 amide bonds. The molecule has 8 heteroatoms. The minimum Gasteiger partial charge on any atom is -0.381 e. The van der Waals surface area contributed by atoms with Crippen LogP contribution in [-0.4, -0.2) is 47.6 Å². The first-order valence-corrected chi connectivity index (χ1v) is 14.2. The summed E-state index contributed by atoms with van der Waals surface area (Å²) < 4.78 is 7.83. The number of carbonyl (C=O) groups excluding carboxylic acids is 1. The van der Waals surface area contributed by atoms with Crippen LogP contribution in [0.4, 0.5) is 5.82 Å². The summed E-state index contributed by atoms with van der Waals surface area (Å²) in [7, 11) is 3.95. The van der Waals surface area contributed by atoms with Gasteiger partial charge in [-0.15, -0.1) is 0 Å². The van der Waals surface area contributed by atoms with E-state index in [4.69, 9.17) is 4.74 Å². The Morgan fingerprint density at radius 1 is 1.15 bits per heavy atom. The number of hydrogen-bond donors (Lipinski definition) is 2. The zero-order valence-corrected chi connectivity index (χ0v) is 24.9. The highest BCUT2D eigenvalue weighted by atomic mass is 16.5. The smallest absolute Gasteiger partial charge is 0.253 e. The van der Waals surface area contributed by atoms with E-state index in [0.717, 1.165) is 64.2 Å². The largest absolute Gasteiger partial charge is 0.381 e. The fraction of sp³-hybridized carbons (Fsp3) is 0.364. The maximum atomic E-state index is 13.8. The molecule has 0 aromatic carbocycles. The number of ether oxygens (including phenoxy) is 1. The van der Waals surface area contributed by atoms with Crippen molar-refractivity contribution in [2.75, 3.05) is 32.2 Å². The number of nitrogens with one attached hydrogen (secondary N) is 2. The third kappa shape index (κ3) is 5.57. The summed E-state index contributed by atoms with van der Waals surface area (Å²) in [5, 5.41) is 3.06. The predicted octanol–water partition coefficient (Wildman–Crippen LogP) is 5.45. The fourth-order valence-electron chi connectivity index (χ4n) is 5.83. The van der Waals surface area contributed by atoms with Crippen molar-refractivity contribution in [3.63, 3.8) is 0 Å². The first kappa shape index (κ1) is 28.4. The number of carbonyl (C=O) groups is 1. The van der Waals surface area contributed by atoms with Gasteiger partial charge in [-0.05, 0) is 92.6 Å². The van der Waals surface area contributed by atoms with Crippen molar-refractivity contribution >= 4 is 22.8 Å². The Hall–Kier alpha value is -4.17. The van der Waals surface area contributed by atoms with E-state index in [0.29, 0.717) is 24.3 Å². The van der Waals surface area contributed by atoms with Gasteiger partial charge in [-0.3, -0.25) is 9.59 Å². The molecule has 5 heterocycles. The number of H-pyrrole nitrogens is 1. The van der Waals surface area contributed by atoms with Crippen molar-refractivity contribution in [2.24, 2.45) is 0 Å². The lowest BCUT2D eigenvalue weighted by Crippen LogP contribution is -2.29. The van der Waals surface area contributed by atoms with E-state index in [-0.39, 0.29) is 18.0 Å². The van der Waals surface area contributed by atoms with Crippen LogP contribution in [0.15, 0.2) is 53.1 Å². The van der Waals surface area contributed by atoms with E-state index in [1.807, 2.05) is 64.2 Å². The van der Waals surface area contributed by atoms with Crippen LogP contribution in [0.3, 0.4) is 0 Å². The van der Waals surface area contributed by atoms with Crippen LogP contribution in [0.1, 0.15) is 65.1 Å². The van der Waals surface area contributed by atoms with Crippen molar-refractivity contribution in [3.8, 4) is 11.1 Å². The zero-order chi connectivity index (χ0) is 29.3. The van der Waals surface area contributed by atoms with Gasteiger partial charge in [-0.1, -0.05) is 12.5 Å². The lowest BCUT2D eigenvalue weighted by molar-refractivity contribution is 0.0950.